The highest BCUT2D eigenvalue weighted by Gasteiger charge is 2.17. The van der Waals surface area contributed by atoms with E-state index in [2.05, 4.69) is 21.5 Å². The third-order valence-corrected chi connectivity index (χ3v) is 4.23. The first-order chi connectivity index (χ1) is 13.3. The Morgan fingerprint density at radius 3 is 2.43 bits per heavy atom. The number of methoxy groups -OCH3 is 1. The van der Waals surface area contributed by atoms with E-state index in [4.69, 9.17) is 17.0 Å². The minimum atomic E-state index is -0.589. The SMILES string of the molecule is CNc1cc(NC(=S)NNC(=O)c2cc(C(C)C)c(O)cc2O)ccc1OC. The van der Waals surface area contributed by atoms with Crippen LogP contribution in [0.4, 0.5) is 11.4 Å². The molecule has 0 heterocycles. The summed E-state index contributed by atoms with van der Waals surface area (Å²) in [6, 6.07) is 7.95. The lowest BCUT2D eigenvalue weighted by molar-refractivity contribution is 0.0941. The summed E-state index contributed by atoms with van der Waals surface area (Å²) in [7, 11) is 3.35. The number of rotatable bonds is 5. The van der Waals surface area contributed by atoms with Crippen molar-refractivity contribution >= 4 is 34.6 Å². The molecule has 0 aliphatic carbocycles. The molecule has 0 saturated carbocycles. The quantitative estimate of drug-likeness (QED) is 0.333. The molecule has 2 aromatic rings. The van der Waals surface area contributed by atoms with E-state index in [-0.39, 0.29) is 28.1 Å². The molecule has 0 aliphatic rings. The lowest BCUT2D eigenvalue weighted by Crippen LogP contribution is -2.43. The molecule has 0 aromatic heterocycles. The van der Waals surface area contributed by atoms with Crippen LogP contribution in [0.15, 0.2) is 30.3 Å². The summed E-state index contributed by atoms with van der Waals surface area (Å²) in [6.07, 6.45) is 0. The maximum Gasteiger partial charge on any atom is 0.273 e. The molecule has 150 valence electrons. The van der Waals surface area contributed by atoms with Crippen LogP contribution in [0, 0.1) is 0 Å². The number of thiocarbonyl (C=S) groups is 1. The van der Waals surface area contributed by atoms with Gasteiger partial charge in [-0.3, -0.25) is 15.6 Å². The molecule has 9 heteroatoms. The lowest BCUT2D eigenvalue weighted by atomic mass is 9.98. The van der Waals surface area contributed by atoms with Gasteiger partial charge in [0.25, 0.3) is 5.91 Å². The lowest BCUT2D eigenvalue weighted by Gasteiger charge is -2.15. The van der Waals surface area contributed by atoms with Gasteiger partial charge in [-0.05, 0) is 48.0 Å². The van der Waals surface area contributed by atoms with Gasteiger partial charge in [-0.15, -0.1) is 0 Å². The highest BCUT2D eigenvalue weighted by atomic mass is 32.1. The van der Waals surface area contributed by atoms with Crippen LogP contribution < -0.4 is 26.2 Å². The Morgan fingerprint density at radius 1 is 1.11 bits per heavy atom. The van der Waals surface area contributed by atoms with Crippen LogP contribution in [-0.2, 0) is 0 Å². The number of anilines is 2. The third kappa shape index (κ3) is 4.95. The first-order valence-electron chi connectivity index (χ1n) is 8.55. The maximum atomic E-state index is 12.4. The molecular weight excluding hydrogens is 380 g/mol. The van der Waals surface area contributed by atoms with Crippen molar-refractivity contribution in [2.45, 2.75) is 19.8 Å². The second-order valence-electron chi connectivity index (χ2n) is 6.28. The van der Waals surface area contributed by atoms with Crippen molar-refractivity contribution in [3.63, 3.8) is 0 Å². The van der Waals surface area contributed by atoms with Crippen LogP contribution in [0.3, 0.4) is 0 Å². The largest absolute Gasteiger partial charge is 0.508 e. The molecule has 2 aromatic carbocycles. The smallest absolute Gasteiger partial charge is 0.273 e. The van der Waals surface area contributed by atoms with Gasteiger partial charge >= 0.3 is 0 Å². The molecule has 0 radical (unpaired) electrons. The number of carbonyl (C=O) groups is 1. The van der Waals surface area contributed by atoms with E-state index in [9.17, 15) is 15.0 Å². The van der Waals surface area contributed by atoms with Gasteiger partial charge < -0.3 is 25.6 Å². The average molecular weight is 404 g/mol. The van der Waals surface area contributed by atoms with Crippen molar-refractivity contribution in [2.75, 3.05) is 24.8 Å². The topological polar surface area (TPSA) is 115 Å². The number of phenols is 2. The van der Waals surface area contributed by atoms with Gasteiger partial charge in [-0.25, -0.2) is 0 Å². The van der Waals surface area contributed by atoms with Crippen LogP contribution in [0.1, 0.15) is 35.7 Å². The van der Waals surface area contributed by atoms with Crippen LogP contribution in [-0.4, -0.2) is 35.4 Å². The molecular formula is C19H24N4O4S. The summed E-state index contributed by atoms with van der Waals surface area (Å²) in [5.41, 5.74) is 7.05. The Morgan fingerprint density at radius 2 is 1.82 bits per heavy atom. The van der Waals surface area contributed by atoms with E-state index in [0.717, 1.165) is 11.8 Å². The zero-order valence-corrected chi connectivity index (χ0v) is 16.9. The molecule has 0 spiro atoms. The van der Waals surface area contributed by atoms with Crippen molar-refractivity contribution in [2.24, 2.45) is 0 Å². The molecule has 6 N–H and O–H groups in total. The molecule has 2 rings (SSSR count). The monoisotopic (exact) mass is 404 g/mol. The van der Waals surface area contributed by atoms with Gasteiger partial charge in [-0.1, -0.05) is 13.8 Å². The van der Waals surface area contributed by atoms with Crippen molar-refractivity contribution in [3.05, 3.63) is 41.5 Å². The van der Waals surface area contributed by atoms with Crippen molar-refractivity contribution in [1.29, 1.82) is 0 Å². The van der Waals surface area contributed by atoms with Gasteiger partial charge in [0, 0.05) is 18.8 Å². The predicted molar refractivity (Wildman–Crippen MR) is 113 cm³/mol. The van der Waals surface area contributed by atoms with Gasteiger partial charge in [0.05, 0.1) is 18.4 Å². The highest BCUT2D eigenvalue weighted by molar-refractivity contribution is 7.80. The number of ether oxygens (including phenoxy) is 1. The summed E-state index contributed by atoms with van der Waals surface area (Å²) in [6.45, 7) is 3.75. The molecule has 0 fully saturated rings. The summed E-state index contributed by atoms with van der Waals surface area (Å²) in [4.78, 5) is 12.4. The van der Waals surface area contributed by atoms with Gasteiger partial charge in [0.1, 0.15) is 17.2 Å². The zero-order chi connectivity index (χ0) is 20.8. The minimum Gasteiger partial charge on any atom is -0.508 e. The first kappa shape index (κ1) is 21.1. The Hall–Kier alpha value is -3.20. The number of hydrazine groups is 1. The number of hydrogen-bond donors (Lipinski definition) is 6. The fourth-order valence-corrected chi connectivity index (χ4v) is 2.73. The van der Waals surface area contributed by atoms with Crippen molar-refractivity contribution in [3.8, 4) is 17.2 Å². The Bertz CT molecular complexity index is 886. The second kappa shape index (κ2) is 9.14. The molecule has 0 aliphatic heterocycles. The van der Waals surface area contributed by atoms with Gasteiger partial charge in [-0.2, -0.15) is 0 Å². The van der Waals surface area contributed by atoms with Gasteiger partial charge in [0.15, 0.2) is 5.11 Å². The highest BCUT2D eigenvalue weighted by Crippen LogP contribution is 2.32. The van der Waals surface area contributed by atoms with Crippen molar-refractivity contribution in [1.82, 2.24) is 10.9 Å². The third-order valence-electron chi connectivity index (χ3n) is 4.03. The fourth-order valence-electron chi connectivity index (χ4n) is 2.56. The van der Waals surface area contributed by atoms with E-state index in [1.165, 1.54) is 6.07 Å². The number of carbonyl (C=O) groups excluding carboxylic acids is 1. The van der Waals surface area contributed by atoms with E-state index in [1.54, 1.807) is 32.4 Å². The molecule has 0 saturated heterocycles. The van der Waals surface area contributed by atoms with E-state index in [1.807, 2.05) is 13.8 Å². The van der Waals surface area contributed by atoms with E-state index in [0.29, 0.717) is 17.0 Å². The molecule has 28 heavy (non-hydrogen) atoms. The Labute approximate surface area is 168 Å². The molecule has 1 amide bonds. The molecule has 0 unspecified atom stereocenters. The first-order valence-corrected chi connectivity index (χ1v) is 8.96. The van der Waals surface area contributed by atoms with Crippen LogP contribution >= 0.6 is 12.2 Å². The summed E-state index contributed by atoms with van der Waals surface area (Å²) < 4.78 is 5.23. The maximum absolute atomic E-state index is 12.4. The standard InChI is InChI=1S/C19H24N4O4S/c1-10(2)12-8-13(16(25)9-15(12)24)18(26)22-23-19(28)21-11-5-6-17(27-4)14(7-11)20-3/h5-10,20,24-25H,1-4H3,(H,22,26)(H2,21,23,28). The summed E-state index contributed by atoms with van der Waals surface area (Å²) in [5.74, 6) is -0.305. The van der Waals surface area contributed by atoms with Gasteiger partial charge in [0.2, 0.25) is 0 Å². The fraction of sp³-hybridized carbons (Fsp3) is 0.263. The number of phenolic OH excluding ortho intramolecular Hbond substituents is 2. The summed E-state index contributed by atoms with van der Waals surface area (Å²) in [5, 5.41) is 25.9. The second-order valence-corrected chi connectivity index (χ2v) is 6.69. The molecule has 0 atom stereocenters. The van der Waals surface area contributed by atoms with Crippen LogP contribution in [0.25, 0.3) is 0 Å². The Kier molecular flexibility index (Phi) is 6.89. The summed E-state index contributed by atoms with van der Waals surface area (Å²) >= 11 is 5.17. The van der Waals surface area contributed by atoms with E-state index < -0.39 is 5.91 Å². The normalized spacial score (nSPS) is 10.3. The molecule has 0 bridgehead atoms. The number of nitrogens with one attached hydrogen (secondary N) is 4. The van der Waals surface area contributed by atoms with Crippen LogP contribution in [0.5, 0.6) is 17.2 Å². The average Bonchev–Trinajstić information content (AvgIpc) is 2.65. The Balaban J connectivity index is 2.03. The predicted octanol–water partition coefficient (Wildman–Crippen LogP) is 2.90. The van der Waals surface area contributed by atoms with Crippen LogP contribution in [0.2, 0.25) is 0 Å². The minimum absolute atomic E-state index is 0.0145. The van der Waals surface area contributed by atoms with Crippen molar-refractivity contribution < 1.29 is 19.7 Å². The number of aromatic hydroxyl groups is 2. The van der Waals surface area contributed by atoms with E-state index >= 15 is 0 Å². The number of amides is 1. The number of benzene rings is 2. The zero-order valence-electron chi connectivity index (χ0n) is 16.1. The molecule has 8 nitrogen and oxygen atoms in total. The number of hydrogen-bond acceptors (Lipinski definition) is 6.